The second kappa shape index (κ2) is 67.1. The highest BCUT2D eigenvalue weighted by Crippen LogP contribution is 2.19. The van der Waals surface area contributed by atoms with Gasteiger partial charge in [0.1, 0.15) is 13.2 Å². The van der Waals surface area contributed by atoms with Gasteiger partial charge in [0, 0.05) is 19.3 Å². The molecule has 0 radical (unpaired) electrons. The van der Waals surface area contributed by atoms with E-state index >= 15 is 0 Å². The Balaban J connectivity index is 4.05. The Morgan fingerprint density at radius 2 is 0.500 bits per heavy atom. The van der Waals surface area contributed by atoms with Crippen molar-refractivity contribution in [2.45, 2.75) is 393 Å². The maximum atomic E-state index is 12.9. The van der Waals surface area contributed by atoms with Gasteiger partial charge in [-0.1, -0.05) is 353 Å². The second-order valence-corrected chi connectivity index (χ2v) is 23.8. The minimum Gasteiger partial charge on any atom is -0.462 e. The normalized spacial score (nSPS) is 12.2. The Morgan fingerprint density at radius 3 is 0.782 bits per heavy atom. The highest BCUT2D eigenvalue weighted by atomic mass is 16.6. The van der Waals surface area contributed by atoms with Crippen LogP contribution in [0.4, 0.5) is 0 Å². The first-order valence-corrected chi connectivity index (χ1v) is 35.0. The largest absolute Gasteiger partial charge is 0.462 e. The summed E-state index contributed by atoms with van der Waals surface area (Å²) < 4.78 is 16.9. The van der Waals surface area contributed by atoms with E-state index in [2.05, 4.69) is 57.2 Å². The lowest BCUT2D eigenvalue weighted by Gasteiger charge is -2.18. The van der Waals surface area contributed by atoms with Gasteiger partial charge >= 0.3 is 17.9 Å². The molecule has 78 heavy (non-hydrogen) atoms. The van der Waals surface area contributed by atoms with Gasteiger partial charge in [0.2, 0.25) is 0 Å². The maximum absolute atomic E-state index is 12.9. The third-order valence-electron chi connectivity index (χ3n) is 15.9. The number of carbonyl (C=O) groups is 3. The molecule has 0 spiro atoms. The summed E-state index contributed by atoms with van der Waals surface area (Å²) in [7, 11) is 0. The van der Waals surface area contributed by atoms with Gasteiger partial charge in [0.15, 0.2) is 6.10 Å². The number of unbranched alkanes of at least 4 members (excludes halogenated alkanes) is 48. The SMILES string of the molecule is CC/C=C\C/C=C\C/C=C\CCCCCCCC(=O)OC(COC(=O)CCCCCCCCCCCCCC)COC(=O)CCCCCCCCCCCCCCCCCCCCCCCCCCCCCCCCCCC. The number of esters is 3. The molecule has 6 nitrogen and oxygen atoms in total. The van der Waals surface area contributed by atoms with Gasteiger partial charge in [-0.2, -0.15) is 0 Å². The summed E-state index contributed by atoms with van der Waals surface area (Å²) in [4.78, 5) is 38.3. The van der Waals surface area contributed by atoms with Crippen LogP contribution in [0.1, 0.15) is 387 Å². The van der Waals surface area contributed by atoms with Gasteiger partial charge in [0.05, 0.1) is 0 Å². The number of hydrogen-bond donors (Lipinski definition) is 0. The Kier molecular flexibility index (Phi) is 65.1. The first-order chi connectivity index (χ1) is 38.5. The van der Waals surface area contributed by atoms with Gasteiger partial charge in [-0.25, -0.2) is 0 Å². The fourth-order valence-electron chi connectivity index (χ4n) is 10.7. The van der Waals surface area contributed by atoms with E-state index in [1.165, 1.54) is 250 Å². The Morgan fingerprint density at radius 1 is 0.269 bits per heavy atom. The smallest absolute Gasteiger partial charge is 0.306 e. The van der Waals surface area contributed by atoms with E-state index in [-0.39, 0.29) is 31.1 Å². The quantitative estimate of drug-likeness (QED) is 0.0261. The van der Waals surface area contributed by atoms with E-state index in [4.69, 9.17) is 14.2 Å². The topological polar surface area (TPSA) is 78.9 Å². The Hall–Kier alpha value is -2.37. The molecule has 0 aliphatic rings. The minimum absolute atomic E-state index is 0.0741. The first-order valence-electron chi connectivity index (χ1n) is 35.0. The standard InChI is InChI=1S/C72H134O6/c1-4-7-10-13-16-19-22-25-27-28-29-30-31-32-33-34-35-36-37-38-39-40-41-42-43-44-46-47-50-53-56-59-62-65-71(74)77-68-69(67-76-70(73)64-61-58-55-52-49-24-21-18-15-12-9-6-3)78-72(75)66-63-60-57-54-51-48-45-26-23-20-17-14-11-8-5-2/h8,11,17,20,26,45,69H,4-7,9-10,12-16,18-19,21-25,27-44,46-68H2,1-3H3/b11-8-,20-17-,45-26-. The molecule has 0 aliphatic heterocycles. The molecular formula is C72H134O6. The molecule has 0 N–H and O–H groups in total. The van der Waals surface area contributed by atoms with Crippen molar-refractivity contribution < 1.29 is 28.6 Å². The summed E-state index contributed by atoms with van der Waals surface area (Å²) in [5.41, 5.74) is 0. The molecule has 0 aromatic rings. The van der Waals surface area contributed by atoms with Crippen molar-refractivity contribution in [3.8, 4) is 0 Å². The van der Waals surface area contributed by atoms with Crippen LogP contribution in [0.5, 0.6) is 0 Å². The van der Waals surface area contributed by atoms with E-state index < -0.39 is 6.10 Å². The molecule has 0 saturated heterocycles. The van der Waals surface area contributed by atoms with Crippen LogP contribution in [-0.2, 0) is 28.6 Å². The lowest BCUT2D eigenvalue weighted by atomic mass is 10.0. The molecule has 458 valence electrons. The third-order valence-corrected chi connectivity index (χ3v) is 15.9. The summed E-state index contributed by atoms with van der Waals surface area (Å²) in [5.74, 6) is -0.867. The molecule has 0 bridgehead atoms. The highest BCUT2D eigenvalue weighted by molar-refractivity contribution is 5.71. The summed E-state index contributed by atoms with van der Waals surface area (Å²) in [6, 6.07) is 0. The number of rotatable bonds is 65. The van der Waals surface area contributed by atoms with Crippen LogP contribution in [0, 0.1) is 0 Å². The van der Waals surface area contributed by atoms with Crippen LogP contribution in [0.2, 0.25) is 0 Å². The zero-order chi connectivity index (χ0) is 56.4. The van der Waals surface area contributed by atoms with Crippen molar-refractivity contribution in [3.63, 3.8) is 0 Å². The lowest BCUT2D eigenvalue weighted by molar-refractivity contribution is -0.167. The third kappa shape index (κ3) is 64.5. The van der Waals surface area contributed by atoms with Gasteiger partial charge in [-0.3, -0.25) is 14.4 Å². The Labute approximate surface area is 486 Å². The van der Waals surface area contributed by atoms with Gasteiger partial charge in [0.25, 0.3) is 0 Å². The van der Waals surface area contributed by atoms with E-state index in [1.807, 2.05) is 0 Å². The van der Waals surface area contributed by atoms with E-state index in [0.29, 0.717) is 19.3 Å². The van der Waals surface area contributed by atoms with Crippen molar-refractivity contribution in [2.75, 3.05) is 13.2 Å². The first kappa shape index (κ1) is 75.6. The molecule has 0 aliphatic carbocycles. The fourth-order valence-corrected chi connectivity index (χ4v) is 10.7. The fraction of sp³-hybridized carbons (Fsp3) is 0.875. The maximum Gasteiger partial charge on any atom is 0.306 e. The zero-order valence-corrected chi connectivity index (χ0v) is 52.7. The number of ether oxygens (including phenoxy) is 3. The van der Waals surface area contributed by atoms with Crippen LogP contribution in [0.3, 0.4) is 0 Å². The van der Waals surface area contributed by atoms with Crippen molar-refractivity contribution in [1.82, 2.24) is 0 Å². The van der Waals surface area contributed by atoms with Crippen molar-refractivity contribution >= 4 is 17.9 Å². The molecule has 6 heteroatoms. The molecule has 1 unspecified atom stereocenters. The van der Waals surface area contributed by atoms with E-state index in [0.717, 1.165) is 96.3 Å². The van der Waals surface area contributed by atoms with E-state index in [9.17, 15) is 14.4 Å². The second-order valence-electron chi connectivity index (χ2n) is 23.8. The molecule has 0 amide bonds. The number of hydrogen-bond acceptors (Lipinski definition) is 6. The summed E-state index contributed by atoms with van der Waals surface area (Å²) in [6.45, 7) is 6.57. The molecule has 0 aromatic carbocycles. The summed E-state index contributed by atoms with van der Waals surface area (Å²) >= 11 is 0. The van der Waals surface area contributed by atoms with Gasteiger partial charge in [-0.05, 0) is 51.4 Å². The molecule has 0 fully saturated rings. The molecule has 0 heterocycles. The predicted molar refractivity (Wildman–Crippen MR) is 339 cm³/mol. The molecule has 0 saturated carbocycles. The average Bonchev–Trinajstić information content (AvgIpc) is 3.44. The zero-order valence-electron chi connectivity index (χ0n) is 52.7. The van der Waals surface area contributed by atoms with Gasteiger partial charge < -0.3 is 14.2 Å². The average molecular weight is 1100 g/mol. The molecular weight excluding hydrogens is 961 g/mol. The molecule has 0 aromatic heterocycles. The van der Waals surface area contributed by atoms with E-state index in [1.54, 1.807) is 0 Å². The van der Waals surface area contributed by atoms with Crippen molar-refractivity contribution in [3.05, 3.63) is 36.5 Å². The lowest BCUT2D eigenvalue weighted by Crippen LogP contribution is -2.30. The Bertz CT molecular complexity index is 1300. The van der Waals surface area contributed by atoms with Crippen LogP contribution >= 0.6 is 0 Å². The monoisotopic (exact) mass is 1100 g/mol. The number of allylic oxidation sites excluding steroid dienone is 6. The summed E-state index contributed by atoms with van der Waals surface area (Å²) in [6.07, 6.45) is 83.4. The van der Waals surface area contributed by atoms with Crippen LogP contribution in [-0.4, -0.2) is 37.2 Å². The van der Waals surface area contributed by atoms with Gasteiger partial charge in [-0.15, -0.1) is 0 Å². The summed E-state index contributed by atoms with van der Waals surface area (Å²) in [5, 5.41) is 0. The minimum atomic E-state index is -0.778. The van der Waals surface area contributed by atoms with Crippen molar-refractivity contribution in [2.24, 2.45) is 0 Å². The highest BCUT2D eigenvalue weighted by Gasteiger charge is 2.19. The van der Waals surface area contributed by atoms with Crippen LogP contribution < -0.4 is 0 Å². The molecule has 0 rings (SSSR count). The van der Waals surface area contributed by atoms with Crippen LogP contribution in [0.15, 0.2) is 36.5 Å². The number of carbonyl (C=O) groups excluding carboxylic acids is 3. The predicted octanol–water partition coefficient (Wildman–Crippen LogP) is 23.9. The molecule has 1 atom stereocenters. The van der Waals surface area contributed by atoms with Crippen molar-refractivity contribution in [1.29, 1.82) is 0 Å². The van der Waals surface area contributed by atoms with Crippen LogP contribution in [0.25, 0.3) is 0 Å².